The van der Waals surface area contributed by atoms with Crippen molar-refractivity contribution in [3.05, 3.63) is 54.4 Å². The molecule has 0 aliphatic carbocycles. The van der Waals surface area contributed by atoms with E-state index in [1.807, 2.05) is 0 Å². The van der Waals surface area contributed by atoms with E-state index >= 15 is 0 Å². The molecular formula is C23H23I2NO5. The van der Waals surface area contributed by atoms with E-state index in [1.165, 1.54) is 0 Å². The van der Waals surface area contributed by atoms with E-state index < -0.39 is 12.1 Å². The molecule has 1 heterocycles. The predicted octanol–water partition coefficient (Wildman–Crippen LogP) is 6.04. The molecule has 3 N–H and O–H groups in total. The zero-order chi connectivity index (χ0) is 22.7. The van der Waals surface area contributed by atoms with Gasteiger partial charge in [0.05, 0.1) is 12.7 Å². The van der Waals surface area contributed by atoms with Crippen molar-refractivity contribution in [1.82, 2.24) is 0 Å². The van der Waals surface area contributed by atoms with Gasteiger partial charge in [-0.15, -0.1) is 0 Å². The van der Waals surface area contributed by atoms with Gasteiger partial charge in [-0.05, 0) is 88.4 Å². The molecule has 1 aromatic heterocycles. The molecule has 31 heavy (non-hydrogen) atoms. The Kier molecular flexibility index (Phi) is 7.84. The number of ketones is 1. The number of aliphatic carboxylic acids is 1. The Labute approximate surface area is 207 Å². The molecule has 0 aliphatic heterocycles. The van der Waals surface area contributed by atoms with Crippen LogP contribution in [0.5, 0.6) is 5.75 Å². The molecule has 0 bridgehead atoms. The van der Waals surface area contributed by atoms with Crippen LogP contribution in [-0.2, 0) is 11.2 Å². The monoisotopic (exact) mass is 647 g/mol. The minimum atomic E-state index is -1.02. The number of carboxylic acid groups (broad SMARTS) is 1. The van der Waals surface area contributed by atoms with E-state index in [2.05, 4.69) is 52.1 Å². The number of benzene rings is 2. The van der Waals surface area contributed by atoms with Crippen LogP contribution in [0, 0.1) is 7.14 Å². The zero-order valence-electron chi connectivity index (χ0n) is 17.2. The topological polar surface area (TPSA) is 103 Å². The summed E-state index contributed by atoms with van der Waals surface area (Å²) in [5.74, 6) is -0.0328. The third-order valence-corrected chi connectivity index (χ3v) is 6.54. The summed E-state index contributed by atoms with van der Waals surface area (Å²) in [7, 11) is 0. The van der Waals surface area contributed by atoms with Crippen LogP contribution >= 0.6 is 45.2 Å². The van der Waals surface area contributed by atoms with Crippen molar-refractivity contribution in [2.75, 3.05) is 5.73 Å². The number of ether oxygens (including phenoxy) is 1. The van der Waals surface area contributed by atoms with Crippen LogP contribution in [0.15, 0.2) is 34.7 Å². The minimum absolute atomic E-state index is 0.150. The second kappa shape index (κ2) is 10.2. The van der Waals surface area contributed by atoms with E-state index in [0.29, 0.717) is 59.3 Å². The summed E-state index contributed by atoms with van der Waals surface area (Å²) in [6, 6.07) is 8.77. The number of carbonyl (C=O) groups is 2. The van der Waals surface area contributed by atoms with E-state index in [-0.39, 0.29) is 5.78 Å². The van der Waals surface area contributed by atoms with Crippen molar-refractivity contribution >= 4 is 73.6 Å². The second-order valence-electron chi connectivity index (χ2n) is 7.21. The highest BCUT2D eigenvalue weighted by Crippen LogP contribution is 2.34. The average molecular weight is 647 g/mol. The number of hydrogen-bond donors (Lipinski definition) is 2. The number of rotatable bonds is 9. The van der Waals surface area contributed by atoms with Crippen molar-refractivity contribution < 1.29 is 23.8 Å². The van der Waals surface area contributed by atoms with E-state index in [9.17, 15) is 14.7 Å². The van der Waals surface area contributed by atoms with Crippen LogP contribution in [0.2, 0.25) is 0 Å². The number of anilines is 1. The van der Waals surface area contributed by atoms with E-state index in [0.717, 1.165) is 12.8 Å². The number of carbonyl (C=O) groups excluding carboxylic acids is 1. The Morgan fingerprint density at radius 2 is 1.84 bits per heavy atom. The number of nitrogens with two attached hydrogens (primary N) is 1. The van der Waals surface area contributed by atoms with Gasteiger partial charge in [-0.3, -0.25) is 4.79 Å². The fraction of sp³-hybridized carbons (Fsp3) is 0.304. The summed E-state index contributed by atoms with van der Waals surface area (Å²) in [4.78, 5) is 24.9. The number of fused-ring (bicyclic) bond motifs is 1. The van der Waals surface area contributed by atoms with Crippen molar-refractivity contribution in [3.63, 3.8) is 0 Å². The summed E-state index contributed by atoms with van der Waals surface area (Å²) < 4.78 is 13.1. The maximum absolute atomic E-state index is 13.6. The summed E-state index contributed by atoms with van der Waals surface area (Å²) in [5.41, 5.74) is 8.21. The smallest absolute Gasteiger partial charge is 0.344 e. The molecule has 0 saturated heterocycles. The summed E-state index contributed by atoms with van der Waals surface area (Å²) in [5, 5.41) is 10.0. The molecule has 0 saturated carbocycles. The number of hydrogen-bond acceptors (Lipinski definition) is 5. The molecule has 0 aliphatic rings. The van der Waals surface area contributed by atoms with Gasteiger partial charge < -0.3 is 20.0 Å². The predicted molar refractivity (Wildman–Crippen MR) is 137 cm³/mol. The Morgan fingerprint density at radius 3 is 2.42 bits per heavy atom. The highest BCUT2D eigenvalue weighted by Gasteiger charge is 2.25. The minimum Gasteiger partial charge on any atom is -0.479 e. The van der Waals surface area contributed by atoms with Crippen LogP contribution in [0.4, 0.5) is 5.69 Å². The molecule has 3 aromatic rings. The maximum atomic E-state index is 13.6. The van der Waals surface area contributed by atoms with Gasteiger partial charge in [-0.25, -0.2) is 4.79 Å². The number of furan rings is 1. The molecule has 8 heteroatoms. The molecular weight excluding hydrogens is 624 g/mol. The van der Waals surface area contributed by atoms with Crippen LogP contribution in [0.1, 0.15) is 54.8 Å². The molecule has 1 atom stereocenters. The lowest BCUT2D eigenvalue weighted by Crippen LogP contribution is -2.26. The van der Waals surface area contributed by atoms with Gasteiger partial charge in [-0.2, -0.15) is 0 Å². The van der Waals surface area contributed by atoms with Crippen molar-refractivity contribution in [2.45, 2.75) is 45.6 Å². The molecule has 0 amide bonds. The standard InChI is InChI=1S/C23H23I2NO5/c1-3-5-6-19-20(14-11-13(26)7-8-18(14)30-19)21(27)12-9-15(24)22(16(25)10-12)31-17(4-2)23(28)29/h7-11,17H,3-6,26H2,1-2H3,(H,28,29). The maximum Gasteiger partial charge on any atom is 0.344 e. The lowest BCUT2D eigenvalue weighted by atomic mass is 9.98. The van der Waals surface area contributed by atoms with Gasteiger partial charge in [0.25, 0.3) is 0 Å². The van der Waals surface area contributed by atoms with Gasteiger partial charge in [0, 0.05) is 23.1 Å². The third kappa shape index (κ3) is 5.16. The Hall–Kier alpha value is -1.82. The molecule has 3 rings (SSSR count). The summed E-state index contributed by atoms with van der Waals surface area (Å²) in [6.45, 7) is 3.84. The molecule has 1 unspecified atom stereocenters. The second-order valence-corrected chi connectivity index (χ2v) is 9.53. The first kappa shape index (κ1) is 23.8. The quantitative estimate of drug-likeness (QED) is 0.167. The SMILES string of the molecule is CCCCc1oc2ccc(N)cc2c1C(=O)c1cc(I)c(OC(CC)C(=O)O)c(I)c1. The first-order valence-electron chi connectivity index (χ1n) is 10.0. The zero-order valence-corrected chi connectivity index (χ0v) is 21.5. The molecule has 0 fully saturated rings. The fourth-order valence-corrected chi connectivity index (χ4v) is 5.35. The normalized spacial score (nSPS) is 12.1. The van der Waals surface area contributed by atoms with Crippen LogP contribution < -0.4 is 10.5 Å². The van der Waals surface area contributed by atoms with Gasteiger partial charge in [0.2, 0.25) is 0 Å². The van der Waals surface area contributed by atoms with Gasteiger partial charge >= 0.3 is 5.97 Å². The Bertz CT molecular complexity index is 1120. The number of unbranched alkanes of at least 4 members (excludes halogenated alkanes) is 1. The summed E-state index contributed by atoms with van der Waals surface area (Å²) >= 11 is 4.14. The third-order valence-electron chi connectivity index (χ3n) is 4.94. The number of halogens is 2. The van der Waals surface area contributed by atoms with Crippen molar-refractivity contribution in [2.24, 2.45) is 0 Å². The number of aryl methyl sites for hydroxylation is 1. The van der Waals surface area contributed by atoms with Crippen molar-refractivity contribution in [3.8, 4) is 5.75 Å². The first-order chi connectivity index (χ1) is 14.8. The lowest BCUT2D eigenvalue weighted by molar-refractivity contribution is -0.145. The first-order valence-corrected chi connectivity index (χ1v) is 12.2. The highest BCUT2D eigenvalue weighted by molar-refractivity contribution is 14.1. The number of nitrogen functional groups attached to an aromatic ring is 1. The molecule has 2 aromatic carbocycles. The van der Waals surface area contributed by atoms with E-state index in [1.54, 1.807) is 37.3 Å². The Balaban J connectivity index is 2.06. The fourth-order valence-electron chi connectivity index (χ4n) is 3.33. The molecule has 0 radical (unpaired) electrons. The van der Waals surface area contributed by atoms with Gasteiger partial charge in [0.15, 0.2) is 11.9 Å². The van der Waals surface area contributed by atoms with Gasteiger partial charge in [0.1, 0.15) is 17.1 Å². The van der Waals surface area contributed by atoms with Crippen LogP contribution in [0.3, 0.4) is 0 Å². The van der Waals surface area contributed by atoms with E-state index in [4.69, 9.17) is 14.9 Å². The highest BCUT2D eigenvalue weighted by atomic mass is 127. The Morgan fingerprint density at radius 1 is 1.16 bits per heavy atom. The molecule has 0 spiro atoms. The molecule has 6 nitrogen and oxygen atoms in total. The van der Waals surface area contributed by atoms with Crippen LogP contribution in [-0.4, -0.2) is 23.0 Å². The van der Waals surface area contributed by atoms with Gasteiger partial charge in [-0.1, -0.05) is 20.3 Å². The van der Waals surface area contributed by atoms with Crippen molar-refractivity contribution in [1.29, 1.82) is 0 Å². The summed E-state index contributed by atoms with van der Waals surface area (Å²) in [6.07, 6.45) is 1.95. The largest absolute Gasteiger partial charge is 0.479 e. The lowest BCUT2D eigenvalue weighted by Gasteiger charge is -2.17. The average Bonchev–Trinajstić information content (AvgIpc) is 3.08. The molecule has 164 valence electrons. The number of carboxylic acids is 1. The van der Waals surface area contributed by atoms with Crippen LogP contribution in [0.25, 0.3) is 11.0 Å².